The minimum Gasteiger partial charge on any atom is -0.207 e. The van der Waals surface area contributed by atoms with Crippen molar-refractivity contribution in [2.24, 2.45) is 0 Å². The van der Waals surface area contributed by atoms with Crippen LogP contribution in [0.3, 0.4) is 0 Å². The molecule has 0 saturated heterocycles. The average molecular weight is 354 g/mol. The van der Waals surface area contributed by atoms with Gasteiger partial charge < -0.3 is 0 Å². The molecule has 0 aliphatic carbocycles. The van der Waals surface area contributed by atoms with E-state index in [9.17, 15) is 4.39 Å². The molecule has 2 aromatic rings. The van der Waals surface area contributed by atoms with Gasteiger partial charge in [0.15, 0.2) is 0 Å². The van der Waals surface area contributed by atoms with E-state index in [-0.39, 0.29) is 5.82 Å². The first-order valence-electron chi connectivity index (χ1n) is 4.84. The molecule has 1 unspecified atom stereocenters. The van der Waals surface area contributed by atoms with E-state index in [0.717, 1.165) is 14.9 Å². The number of hydrogen-bond donors (Lipinski definition) is 0. The van der Waals surface area contributed by atoms with Crippen molar-refractivity contribution < 1.29 is 4.39 Å². The van der Waals surface area contributed by atoms with Gasteiger partial charge in [0.2, 0.25) is 0 Å². The van der Waals surface area contributed by atoms with Crippen molar-refractivity contribution in [2.75, 3.05) is 0 Å². The smallest absolute Gasteiger partial charge is 0.128 e. The third kappa shape index (κ3) is 2.84. The number of benzene rings is 1. The number of alkyl halides is 1. The second-order valence-corrected chi connectivity index (χ2v) is 6.63. The standard InChI is InChI=1S/C12H8BrCl2FS/c1-6-2-3-7(9(16)4-6)11(14)10-5-8(13)12(15)17-10/h2-5,11H,1H3. The Morgan fingerprint density at radius 3 is 2.59 bits per heavy atom. The first-order chi connectivity index (χ1) is 7.99. The molecule has 0 fully saturated rings. The van der Waals surface area contributed by atoms with E-state index in [1.54, 1.807) is 6.07 Å². The van der Waals surface area contributed by atoms with Gasteiger partial charge >= 0.3 is 0 Å². The second kappa shape index (κ2) is 5.27. The van der Waals surface area contributed by atoms with Gasteiger partial charge in [0.1, 0.15) is 10.2 Å². The van der Waals surface area contributed by atoms with Crippen LogP contribution in [0.2, 0.25) is 4.34 Å². The Hall–Kier alpha value is -0.0900. The van der Waals surface area contributed by atoms with Crippen LogP contribution in [0.4, 0.5) is 4.39 Å². The van der Waals surface area contributed by atoms with Crippen molar-refractivity contribution in [1.82, 2.24) is 0 Å². The number of rotatable bonds is 2. The molecule has 0 amide bonds. The summed E-state index contributed by atoms with van der Waals surface area (Å²) < 4.78 is 15.2. The summed E-state index contributed by atoms with van der Waals surface area (Å²) in [6, 6.07) is 6.86. The number of hydrogen-bond acceptors (Lipinski definition) is 1. The summed E-state index contributed by atoms with van der Waals surface area (Å²) in [6.45, 7) is 1.84. The molecule has 5 heteroatoms. The molecule has 0 spiro atoms. The summed E-state index contributed by atoms with van der Waals surface area (Å²) >= 11 is 16.9. The van der Waals surface area contributed by atoms with Crippen LogP contribution in [-0.4, -0.2) is 0 Å². The van der Waals surface area contributed by atoms with Gasteiger partial charge in [-0.1, -0.05) is 23.7 Å². The molecule has 0 bridgehead atoms. The molecule has 1 aromatic carbocycles. The minimum atomic E-state index is -0.510. The van der Waals surface area contributed by atoms with Crippen molar-refractivity contribution in [2.45, 2.75) is 12.3 Å². The maximum atomic E-state index is 13.8. The topological polar surface area (TPSA) is 0 Å². The van der Waals surface area contributed by atoms with Gasteiger partial charge in [-0.2, -0.15) is 0 Å². The van der Waals surface area contributed by atoms with Crippen molar-refractivity contribution in [1.29, 1.82) is 0 Å². The van der Waals surface area contributed by atoms with Crippen molar-refractivity contribution >= 4 is 50.5 Å². The van der Waals surface area contributed by atoms with Crippen LogP contribution < -0.4 is 0 Å². The summed E-state index contributed by atoms with van der Waals surface area (Å²) in [6.07, 6.45) is 0. The number of thiophene rings is 1. The van der Waals surface area contributed by atoms with Gasteiger partial charge in [-0.3, -0.25) is 0 Å². The maximum Gasteiger partial charge on any atom is 0.128 e. The van der Waals surface area contributed by atoms with Crippen molar-refractivity contribution in [3.8, 4) is 0 Å². The Labute approximate surface area is 121 Å². The molecule has 0 radical (unpaired) electrons. The van der Waals surface area contributed by atoms with Gasteiger partial charge in [-0.15, -0.1) is 22.9 Å². The van der Waals surface area contributed by atoms with E-state index >= 15 is 0 Å². The molecule has 2 rings (SSSR count). The van der Waals surface area contributed by atoms with Crippen LogP contribution in [0.5, 0.6) is 0 Å². The largest absolute Gasteiger partial charge is 0.207 e. The summed E-state index contributed by atoms with van der Waals surface area (Å²) in [4.78, 5) is 0.825. The lowest BCUT2D eigenvalue weighted by Crippen LogP contribution is -1.95. The molecule has 0 N–H and O–H groups in total. The van der Waals surface area contributed by atoms with Gasteiger partial charge in [-0.05, 0) is 40.5 Å². The molecular weight excluding hydrogens is 346 g/mol. The molecule has 0 aliphatic rings. The predicted molar refractivity (Wildman–Crippen MR) is 75.9 cm³/mol. The minimum absolute atomic E-state index is 0.286. The van der Waals surface area contributed by atoms with Crippen LogP contribution in [0.15, 0.2) is 28.7 Å². The van der Waals surface area contributed by atoms with Crippen LogP contribution in [-0.2, 0) is 0 Å². The highest BCUT2D eigenvalue weighted by molar-refractivity contribution is 9.10. The Balaban J connectivity index is 2.39. The summed E-state index contributed by atoms with van der Waals surface area (Å²) in [7, 11) is 0. The highest BCUT2D eigenvalue weighted by Crippen LogP contribution is 2.40. The third-order valence-corrected chi connectivity index (χ3v) is 5.48. The Kier molecular flexibility index (Phi) is 4.14. The first kappa shape index (κ1) is 13.3. The number of halogens is 4. The lowest BCUT2D eigenvalue weighted by molar-refractivity contribution is 0.611. The molecule has 17 heavy (non-hydrogen) atoms. The van der Waals surface area contributed by atoms with Crippen LogP contribution >= 0.6 is 50.5 Å². The Morgan fingerprint density at radius 1 is 1.35 bits per heavy atom. The van der Waals surface area contributed by atoms with E-state index in [0.29, 0.717) is 9.90 Å². The van der Waals surface area contributed by atoms with Crippen LogP contribution in [0, 0.1) is 12.7 Å². The molecular formula is C12H8BrCl2FS. The zero-order chi connectivity index (χ0) is 12.6. The molecule has 0 saturated carbocycles. The Bertz CT molecular complexity index is 534. The molecule has 1 atom stereocenters. The summed E-state index contributed by atoms with van der Waals surface area (Å²) in [5.74, 6) is -0.286. The number of aryl methyl sites for hydroxylation is 1. The fourth-order valence-electron chi connectivity index (χ4n) is 1.48. The molecule has 0 aliphatic heterocycles. The van der Waals surface area contributed by atoms with Gasteiger partial charge in [0.25, 0.3) is 0 Å². The van der Waals surface area contributed by atoms with Crippen molar-refractivity contribution in [3.05, 3.63) is 54.9 Å². The van der Waals surface area contributed by atoms with E-state index in [1.807, 2.05) is 19.1 Å². The third-order valence-electron chi connectivity index (χ3n) is 2.34. The van der Waals surface area contributed by atoms with Crippen LogP contribution in [0.25, 0.3) is 0 Å². The zero-order valence-electron chi connectivity index (χ0n) is 8.81. The van der Waals surface area contributed by atoms with Gasteiger partial charge in [-0.25, -0.2) is 4.39 Å². The predicted octanol–water partition coefficient (Wildman–Crippen LogP) is 5.94. The van der Waals surface area contributed by atoms with Gasteiger partial charge in [0.05, 0.1) is 5.38 Å². The molecule has 1 heterocycles. The lowest BCUT2D eigenvalue weighted by Gasteiger charge is -2.09. The molecule has 0 nitrogen and oxygen atoms in total. The fraction of sp³-hybridized carbons (Fsp3) is 0.167. The summed E-state index contributed by atoms with van der Waals surface area (Å²) in [5.41, 5.74) is 1.35. The zero-order valence-corrected chi connectivity index (χ0v) is 12.7. The second-order valence-electron chi connectivity index (χ2n) is 3.66. The Morgan fingerprint density at radius 2 is 2.06 bits per heavy atom. The average Bonchev–Trinajstić information content (AvgIpc) is 2.58. The van der Waals surface area contributed by atoms with E-state index in [2.05, 4.69) is 15.9 Å². The quantitative estimate of drug-likeness (QED) is 0.586. The van der Waals surface area contributed by atoms with E-state index in [4.69, 9.17) is 23.2 Å². The molecule has 90 valence electrons. The molecule has 1 aromatic heterocycles. The fourth-order valence-corrected chi connectivity index (χ4v) is 3.59. The summed E-state index contributed by atoms with van der Waals surface area (Å²) in [5, 5.41) is -0.510. The highest BCUT2D eigenvalue weighted by Gasteiger charge is 2.18. The normalized spacial score (nSPS) is 12.8. The lowest BCUT2D eigenvalue weighted by atomic mass is 10.1. The van der Waals surface area contributed by atoms with Crippen molar-refractivity contribution in [3.63, 3.8) is 0 Å². The maximum absolute atomic E-state index is 13.8. The van der Waals surface area contributed by atoms with E-state index < -0.39 is 5.38 Å². The van der Waals surface area contributed by atoms with E-state index in [1.165, 1.54) is 17.4 Å². The van der Waals surface area contributed by atoms with Crippen LogP contribution in [0.1, 0.15) is 21.4 Å². The highest BCUT2D eigenvalue weighted by atomic mass is 79.9. The SMILES string of the molecule is Cc1ccc(C(Cl)c2cc(Br)c(Cl)s2)c(F)c1. The first-order valence-corrected chi connectivity index (χ1v) is 7.26. The van der Waals surface area contributed by atoms with Gasteiger partial charge in [0, 0.05) is 14.9 Å². The monoisotopic (exact) mass is 352 g/mol.